The SMILES string of the molecule is CC[C@H](C)c1ccc(C(=O)CN2C(=O)N[C@]3(CCCCc4ccccc43)C2=O)cc1. The molecule has 1 spiro atoms. The number of Topliss-reactive ketones (excluding diaryl/α,β-unsaturated/α-hetero) is 1. The lowest BCUT2D eigenvalue weighted by atomic mass is 9.84. The molecule has 0 saturated carbocycles. The molecule has 156 valence electrons. The van der Waals surface area contributed by atoms with Crippen molar-refractivity contribution in [3.05, 3.63) is 70.8 Å². The van der Waals surface area contributed by atoms with Crippen LogP contribution in [0.25, 0.3) is 0 Å². The molecule has 1 fully saturated rings. The number of nitrogens with one attached hydrogen (secondary N) is 1. The van der Waals surface area contributed by atoms with E-state index in [1.807, 2.05) is 36.4 Å². The molecule has 0 radical (unpaired) electrons. The number of rotatable bonds is 5. The third-order valence-electron chi connectivity index (χ3n) is 6.62. The molecule has 5 heteroatoms. The standard InChI is InChI=1S/C25H28N2O3/c1-3-17(2)18-11-13-20(14-12-18)22(28)16-27-23(29)25(26-24(27)30)15-7-6-9-19-8-4-5-10-21(19)25/h4-5,8,10-14,17H,3,6-7,9,15-16H2,1-2H3,(H,26,30)/t17-,25-/m0/s1. The number of fused-ring (bicyclic) bond motifs is 2. The monoisotopic (exact) mass is 404 g/mol. The van der Waals surface area contributed by atoms with Crippen molar-refractivity contribution in [2.75, 3.05) is 6.54 Å². The summed E-state index contributed by atoms with van der Waals surface area (Å²) in [5.74, 6) is -0.116. The van der Waals surface area contributed by atoms with Crippen molar-refractivity contribution in [3.63, 3.8) is 0 Å². The van der Waals surface area contributed by atoms with Gasteiger partial charge in [-0.2, -0.15) is 0 Å². The number of benzene rings is 2. The van der Waals surface area contributed by atoms with Crippen LogP contribution in [-0.4, -0.2) is 29.2 Å². The second-order valence-electron chi connectivity index (χ2n) is 8.45. The molecule has 0 unspecified atom stereocenters. The van der Waals surface area contributed by atoms with Crippen LogP contribution in [0, 0.1) is 0 Å². The Labute approximate surface area is 177 Å². The van der Waals surface area contributed by atoms with Gasteiger partial charge in [-0.15, -0.1) is 0 Å². The second-order valence-corrected chi connectivity index (χ2v) is 8.45. The van der Waals surface area contributed by atoms with Crippen LogP contribution in [0.2, 0.25) is 0 Å². The van der Waals surface area contributed by atoms with E-state index in [-0.39, 0.29) is 18.2 Å². The second kappa shape index (κ2) is 8.05. The molecule has 1 aliphatic heterocycles. The van der Waals surface area contributed by atoms with Gasteiger partial charge in [0, 0.05) is 5.56 Å². The number of hydrogen-bond acceptors (Lipinski definition) is 3. The number of hydrogen-bond donors (Lipinski definition) is 1. The molecule has 2 aromatic carbocycles. The van der Waals surface area contributed by atoms with Crippen molar-refractivity contribution in [1.82, 2.24) is 10.2 Å². The molecule has 5 nitrogen and oxygen atoms in total. The van der Waals surface area contributed by atoms with E-state index < -0.39 is 11.6 Å². The molecule has 1 heterocycles. The first kappa shape index (κ1) is 20.3. The molecule has 4 rings (SSSR count). The van der Waals surface area contributed by atoms with Crippen LogP contribution in [-0.2, 0) is 16.8 Å². The fraction of sp³-hybridized carbons (Fsp3) is 0.400. The smallest absolute Gasteiger partial charge is 0.319 e. The van der Waals surface area contributed by atoms with Crippen molar-refractivity contribution in [1.29, 1.82) is 0 Å². The van der Waals surface area contributed by atoms with Gasteiger partial charge in [-0.05, 0) is 54.7 Å². The Balaban J connectivity index is 1.57. The molecular weight excluding hydrogens is 376 g/mol. The highest BCUT2D eigenvalue weighted by Crippen LogP contribution is 2.39. The molecule has 2 aliphatic rings. The summed E-state index contributed by atoms with van der Waals surface area (Å²) in [6, 6.07) is 14.8. The van der Waals surface area contributed by atoms with Gasteiger partial charge in [0.05, 0.1) is 6.54 Å². The molecule has 1 aliphatic carbocycles. The van der Waals surface area contributed by atoms with E-state index in [0.29, 0.717) is 17.9 Å². The third-order valence-corrected chi connectivity index (χ3v) is 6.62. The van der Waals surface area contributed by atoms with E-state index in [1.165, 1.54) is 5.56 Å². The number of carbonyl (C=O) groups excluding carboxylic acids is 3. The summed E-state index contributed by atoms with van der Waals surface area (Å²) in [6.45, 7) is 4.04. The summed E-state index contributed by atoms with van der Waals surface area (Å²) in [4.78, 5) is 40.2. The van der Waals surface area contributed by atoms with Crippen molar-refractivity contribution in [2.24, 2.45) is 0 Å². The van der Waals surface area contributed by atoms with Gasteiger partial charge in [0.1, 0.15) is 5.54 Å². The van der Waals surface area contributed by atoms with E-state index >= 15 is 0 Å². The summed E-state index contributed by atoms with van der Waals surface area (Å²) in [7, 11) is 0. The first-order chi connectivity index (χ1) is 14.5. The Morgan fingerprint density at radius 3 is 2.57 bits per heavy atom. The van der Waals surface area contributed by atoms with Gasteiger partial charge in [-0.25, -0.2) is 4.79 Å². The first-order valence-electron chi connectivity index (χ1n) is 10.8. The Bertz CT molecular complexity index is 982. The average molecular weight is 405 g/mol. The van der Waals surface area contributed by atoms with Gasteiger partial charge in [0.25, 0.3) is 5.91 Å². The number of aryl methyl sites for hydroxylation is 1. The topological polar surface area (TPSA) is 66.5 Å². The number of imide groups is 1. The Morgan fingerprint density at radius 2 is 1.83 bits per heavy atom. The number of carbonyl (C=O) groups is 3. The molecule has 0 bridgehead atoms. The van der Waals surface area contributed by atoms with Crippen molar-refractivity contribution in [2.45, 2.75) is 57.4 Å². The maximum absolute atomic E-state index is 13.4. The average Bonchev–Trinajstić information content (AvgIpc) is 2.91. The summed E-state index contributed by atoms with van der Waals surface area (Å²) in [5, 5.41) is 2.94. The zero-order chi connectivity index (χ0) is 21.3. The zero-order valence-corrected chi connectivity index (χ0v) is 17.6. The van der Waals surface area contributed by atoms with Crippen LogP contribution < -0.4 is 5.32 Å². The molecule has 2 aromatic rings. The van der Waals surface area contributed by atoms with E-state index in [0.717, 1.165) is 41.7 Å². The first-order valence-corrected chi connectivity index (χ1v) is 10.8. The molecule has 1 saturated heterocycles. The molecule has 1 N–H and O–H groups in total. The minimum absolute atomic E-state index is 0.229. The maximum Gasteiger partial charge on any atom is 0.325 e. The van der Waals surface area contributed by atoms with Gasteiger partial charge in [0.15, 0.2) is 5.78 Å². The highest BCUT2D eigenvalue weighted by Gasteiger charge is 2.53. The van der Waals surface area contributed by atoms with Crippen LogP contribution in [0.3, 0.4) is 0 Å². The summed E-state index contributed by atoms with van der Waals surface area (Å²) in [6.07, 6.45) is 4.30. The summed E-state index contributed by atoms with van der Waals surface area (Å²) in [5.41, 5.74) is 2.61. The third kappa shape index (κ3) is 3.42. The van der Waals surface area contributed by atoms with Gasteiger partial charge < -0.3 is 5.32 Å². The van der Waals surface area contributed by atoms with E-state index in [2.05, 4.69) is 19.2 Å². The van der Waals surface area contributed by atoms with Crippen LogP contribution in [0.1, 0.15) is 72.5 Å². The lowest BCUT2D eigenvalue weighted by Gasteiger charge is -2.27. The van der Waals surface area contributed by atoms with Crippen molar-refractivity contribution >= 4 is 17.7 Å². The Hall–Kier alpha value is -2.95. The van der Waals surface area contributed by atoms with Crippen molar-refractivity contribution < 1.29 is 14.4 Å². The van der Waals surface area contributed by atoms with Gasteiger partial charge in [0.2, 0.25) is 0 Å². The molecule has 2 atom stereocenters. The fourth-order valence-electron chi connectivity index (χ4n) is 4.58. The Morgan fingerprint density at radius 1 is 1.10 bits per heavy atom. The summed E-state index contributed by atoms with van der Waals surface area (Å²) < 4.78 is 0. The van der Waals surface area contributed by atoms with Gasteiger partial charge in [-0.3, -0.25) is 14.5 Å². The van der Waals surface area contributed by atoms with Crippen LogP contribution in [0.15, 0.2) is 48.5 Å². The minimum atomic E-state index is -1.05. The minimum Gasteiger partial charge on any atom is -0.319 e. The van der Waals surface area contributed by atoms with Gasteiger partial charge >= 0.3 is 6.03 Å². The quantitative estimate of drug-likeness (QED) is 0.587. The van der Waals surface area contributed by atoms with E-state index in [9.17, 15) is 14.4 Å². The molecule has 0 aromatic heterocycles. The maximum atomic E-state index is 13.4. The fourth-order valence-corrected chi connectivity index (χ4v) is 4.58. The Kier molecular flexibility index (Phi) is 5.46. The molecule has 3 amide bonds. The normalized spacial score (nSPS) is 21.9. The predicted molar refractivity (Wildman–Crippen MR) is 115 cm³/mol. The molecule has 30 heavy (non-hydrogen) atoms. The van der Waals surface area contributed by atoms with Crippen LogP contribution >= 0.6 is 0 Å². The van der Waals surface area contributed by atoms with E-state index in [1.54, 1.807) is 12.1 Å². The highest BCUT2D eigenvalue weighted by atomic mass is 16.2. The van der Waals surface area contributed by atoms with Crippen LogP contribution in [0.4, 0.5) is 4.79 Å². The summed E-state index contributed by atoms with van der Waals surface area (Å²) >= 11 is 0. The lowest BCUT2D eigenvalue weighted by molar-refractivity contribution is -0.131. The number of nitrogens with zero attached hydrogens (tertiary/aromatic N) is 1. The van der Waals surface area contributed by atoms with E-state index in [4.69, 9.17) is 0 Å². The van der Waals surface area contributed by atoms with Crippen molar-refractivity contribution in [3.8, 4) is 0 Å². The largest absolute Gasteiger partial charge is 0.325 e. The molecular formula is C25H28N2O3. The number of amides is 3. The highest BCUT2D eigenvalue weighted by molar-refractivity contribution is 6.11. The van der Waals surface area contributed by atoms with Crippen LogP contribution in [0.5, 0.6) is 0 Å². The van der Waals surface area contributed by atoms with Gasteiger partial charge in [-0.1, -0.05) is 62.4 Å². The predicted octanol–water partition coefficient (Wildman–Crippen LogP) is 4.56. The number of urea groups is 1. The zero-order valence-electron chi connectivity index (χ0n) is 17.6. The number of ketones is 1. The lowest BCUT2D eigenvalue weighted by Crippen LogP contribution is -2.44.